The quantitative estimate of drug-likeness (QED) is 0.444. The molecule has 0 atom stereocenters. The smallest absolute Gasteiger partial charge is 0.121 e. The van der Waals surface area contributed by atoms with E-state index in [9.17, 15) is 0 Å². The predicted molar refractivity (Wildman–Crippen MR) is 49.3 cm³/mol. The van der Waals surface area contributed by atoms with Gasteiger partial charge in [0.15, 0.2) is 0 Å². The van der Waals surface area contributed by atoms with E-state index in [4.69, 9.17) is 4.74 Å². The summed E-state index contributed by atoms with van der Waals surface area (Å²) in [5.41, 5.74) is 1.92. The van der Waals surface area contributed by atoms with Gasteiger partial charge in [-0.3, -0.25) is 0 Å². The van der Waals surface area contributed by atoms with Crippen LogP contribution in [0.2, 0.25) is 0 Å². The van der Waals surface area contributed by atoms with Crippen molar-refractivity contribution in [1.82, 2.24) is 0 Å². The van der Waals surface area contributed by atoms with E-state index in [1.807, 2.05) is 26.8 Å². The average Bonchev–Trinajstić information content (AvgIpc) is 1.86. The second-order valence-corrected chi connectivity index (χ2v) is 2.57. The molecule has 0 aliphatic rings. The Kier molecular flexibility index (Phi) is 4.35. The summed E-state index contributed by atoms with van der Waals surface area (Å²) in [7, 11) is 0. The molecule has 0 aromatic rings. The van der Waals surface area contributed by atoms with Crippen molar-refractivity contribution < 1.29 is 4.74 Å². The van der Waals surface area contributed by atoms with Crippen LogP contribution in [-0.2, 0) is 4.74 Å². The molecule has 0 rings (SSSR count). The van der Waals surface area contributed by atoms with Crippen LogP contribution in [0, 0.1) is 0 Å². The van der Waals surface area contributed by atoms with Gasteiger partial charge in [0, 0.05) is 0 Å². The van der Waals surface area contributed by atoms with E-state index in [1.54, 1.807) is 0 Å². The molecule has 0 aliphatic carbocycles. The summed E-state index contributed by atoms with van der Waals surface area (Å²) in [5, 5.41) is 0. The highest BCUT2D eigenvalue weighted by Crippen LogP contribution is 2.10. The molecule has 0 aromatic carbocycles. The number of rotatable bonds is 4. The highest BCUT2D eigenvalue weighted by atomic mass is 16.5. The van der Waals surface area contributed by atoms with E-state index in [0.29, 0.717) is 6.61 Å². The molecule has 0 aromatic heterocycles. The van der Waals surface area contributed by atoms with Crippen molar-refractivity contribution in [3.8, 4) is 0 Å². The van der Waals surface area contributed by atoms with Crippen LogP contribution in [0.1, 0.15) is 20.8 Å². The maximum atomic E-state index is 5.31. The van der Waals surface area contributed by atoms with Crippen molar-refractivity contribution in [2.24, 2.45) is 0 Å². The lowest BCUT2D eigenvalue weighted by Crippen LogP contribution is -1.92. The zero-order valence-corrected chi connectivity index (χ0v) is 7.61. The third-order valence-corrected chi connectivity index (χ3v) is 1.10. The third kappa shape index (κ3) is 4.43. The van der Waals surface area contributed by atoms with E-state index in [0.717, 1.165) is 16.9 Å². The second kappa shape index (κ2) is 4.78. The molecule has 0 spiro atoms. The van der Waals surface area contributed by atoms with E-state index in [1.165, 1.54) is 0 Å². The summed E-state index contributed by atoms with van der Waals surface area (Å²) < 4.78 is 5.31. The zero-order valence-electron chi connectivity index (χ0n) is 7.61. The first-order chi connectivity index (χ1) is 5.07. The molecular weight excluding hydrogens is 136 g/mol. The van der Waals surface area contributed by atoms with Gasteiger partial charge in [-0.1, -0.05) is 18.7 Å². The first-order valence-electron chi connectivity index (χ1n) is 3.73. The molecule has 0 heterocycles. The predicted octanol–water partition coefficient (Wildman–Crippen LogP) is 3.06. The Hall–Kier alpha value is -0.980. The van der Waals surface area contributed by atoms with Crippen LogP contribution < -0.4 is 0 Å². The minimum atomic E-state index is 0.673. The van der Waals surface area contributed by atoms with Crippen LogP contribution >= 0.6 is 0 Å². The summed E-state index contributed by atoms with van der Waals surface area (Å²) in [6, 6.07) is 0. The lowest BCUT2D eigenvalue weighted by molar-refractivity contribution is 0.237. The van der Waals surface area contributed by atoms with Gasteiger partial charge in [-0.05, 0) is 32.4 Å². The van der Waals surface area contributed by atoms with Crippen LogP contribution in [0.3, 0.4) is 0 Å². The monoisotopic (exact) mass is 152 g/mol. The Morgan fingerprint density at radius 2 is 1.91 bits per heavy atom. The van der Waals surface area contributed by atoms with Crippen molar-refractivity contribution in [2.75, 3.05) is 6.61 Å². The van der Waals surface area contributed by atoms with Crippen molar-refractivity contribution in [1.29, 1.82) is 0 Å². The lowest BCUT2D eigenvalue weighted by atomic mass is 10.2. The van der Waals surface area contributed by atoms with Gasteiger partial charge in [0.2, 0.25) is 0 Å². The summed E-state index contributed by atoms with van der Waals surface area (Å²) >= 11 is 0. The van der Waals surface area contributed by atoms with Gasteiger partial charge in [-0.25, -0.2) is 0 Å². The molecule has 0 unspecified atom stereocenters. The van der Waals surface area contributed by atoms with Crippen molar-refractivity contribution in [3.05, 3.63) is 36.1 Å². The molecule has 0 aliphatic heterocycles. The molecule has 0 saturated carbocycles. The van der Waals surface area contributed by atoms with Crippen molar-refractivity contribution in [3.63, 3.8) is 0 Å². The second-order valence-electron chi connectivity index (χ2n) is 2.57. The van der Waals surface area contributed by atoms with Gasteiger partial charge >= 0.3 is 0 Å². The van der Waals surface area contributed by atoms with Gasteiger partial charge in [-0.15, -0.1) is 0 Å². The summed E-state index contributed by atoms with van der Waals surface area (Å²) in [5.74, 6) is 0.833. The van der Waals surface area contributed by atoms with Gasteiger partial charge < -0.3 is 4.74 Å². The fourth-order valence-electron chi connectivity index (χ4n) is 0.667. The Balaban J connectivity index is 4.32. The van der Waals surface area contributed by atoms with Crippen LogP contribution in [0.5, 0.6) is 0 Å². The minimum Gasteiger partial charge on any atom is -0.494 e. The summed E-state index contributed by atoms with van der Waals surface area (Å²) in [4.78, 5) is 0. The highest BCUT2D eigenvalue weighted by molar-refractivity contribution is 5.27. The zero-order chi connectivity index (χ0) is 8.85. The number of hydrogen-bond acceptors (Lipinski definition) is 1. The lowest BCUT2D eigenvalue weighted by Gasteiger charge is -2.07. The maximum absolute atomic E-state index is 5.31. The molecule has 0 radical (unpaired) electrons. The highest BCUT2D eigenvalue weighted by Gasteiger charge is 1.96. The molecule has 1 heteroatoms. The molecule has 0 bridgehead atoms. The van der Waals surface area contributed by atoms with E-state index < -0.39 is 0 Å². The van der Waals surface area contributed by atoms with Crippen molar-refractivity contribution in [2.45, 2.75) is 20.8 Å². The standard InChI is InChI=1S/C10H16O/c1-6-11-10(9(4)5)7-8(2)3/h7H,2,4,6H2,1,3,5H3/b10-7+. The van der Waals surface area contributed by atoms with Gasteiger partial charge in [-0.2, -0.15) is 0 Å². The summed E-state index contributed by atoms with van der Waals surface area (Å²) in [6.45, 7) is 14.0. The Morgan fingerprint density at radius 1 is 1.36 bits per heavy atom. The van der Waals surface area contributed by atoms with Crippen LogP contribution in [0.4, 0.5) is 0 Å². The van der Waals surface area contributed by atoms with E-state index in [2.05, 4.69) is 13.2 Å². The SMILES string of the molecule is C=C(C)/C=C(/OCC)C(=C)C. The molecular formula is C10H16O. The molecule has 11 heavy (non-hydrogen) atoms. The summed E-state index contributed by atoms with van der Waals surface area (Å²) in [6.07, 6.45) is 1.89. The Morgan fingerprint density at radius 3 is 2.18 bits per heavy atom. The molecule has 1 nitrogen and oxygen atoms in total. The first-order valence-corrected chi connectivity index (χ1v) is 3.73. The Labute approximate surface area is 69.1 Å². The molecule has 62 valence electrons. The average molecular weight is 152 g/mol. The largest absolute Gasteiger partial charge is 0.494 e. The molecule has 0 amide bonds. The van der Waals surface area contributed by atoms with E-state index >= 15 is 0 Å². The molecule has 0 saturated heterocycles. The minimum absolute atomic E-state index is 0.673. The maximum Gasteiger partial charge on any atom is 0.121 e. The normalized spacial score (nSPS) is 11.0. The van der Waals surface area contributed by atoms with Gasteiger partial charge in [0.25, 0.3) is 0 Å². The fraction of sp³-hybridized carbons (Fsp3) is 0.400. The van der Waals surface area contributed by atoms with Gasteiger partial charge in [0.1, 0.15) is 5.76 Å². The third-order valence-electron chi connectivity index (χ3n) is 1.10. The van der Waals surface area contributed by atoms with Crippen LogP contribution in [-0.4, -0.2) is 6.61 Å². The van der Waals surface area contributed by atoms with E-state index in [-0.39, 0.29) is 0 Å². The van der Waals surface area contributed by atoms with Crippen LogP contribution in [0.15, 0.2) is 36.1 Å². The fourth-order valence-corrected chi connectivity index (χ4v) is 0.667. The molecule has 0 N–H and O–H groups in total. The van der Waals surface area contributed by atoms with Crippen LogP contribution in [0.25, 0.3) is 0 Å². The van der Waals surface area contributed by atoms with Gasteiger partial charge in [0.05, 0.1) is 6.61 Å². The first kappa shape index (κ1) is 10.0. The topological polar surface area (TPSA) is 9.23 Å². The van der Waals surface area contributed by atoms with Crippen molar-refractivity contribution >= 4 is 0 Å². The number of hydrogen-bond donors (Lipinski definition) is 0. The number of allylic oxidation sites excluding steroid dienone is 3. The Bertz CT molecular complexity index is 187. The molecule has 0 fully saturated rings. The number of ether oxygens (including phenoxy) is 1.